The lowest BCUT2D eigenvalue weighted by atomic mass is 9.85. The van der Waals surface area contributed by atoms with E-state index in [0.29, 0.717) is 11.5 Å². The first-order chi connectivity index (χ1) is 7.43. The topological polar surface area (TPSA) is 57.6 Å². The fourth-order valence-corrected chi connectivity index (χ4v) is 1.75. The van der Waals surface area contributed by atoms with Gasteiger partial charge in [-0.3, -0.25) is 4.79 Å². The minimum atomic E-state index is -1.03. The van der Waals surface area contributed by atoms with Crippen LogP contribution in [0, 0.1) is 5.92 Å². The summed E-state index contributed by atoms with van der Waals surface area (Å²) in [5.41, 5.74) is 0.458. The number of rotatable bonds is 4. The third-order valence-electron chi connectivity index (χ3n) is 3.31. The van der Waals surface area contributed by atoms with E-state index < -0.39 is 5.97 Å². The fourth-order valence-electron chi connectivity index (χ4n) is 1.75. The summed E-state index contributed by atoms with van der Waals surface area (Å²) in [4.78, 5) is 24.2. The molecule has 1 saturated carbocycles. The molecule has 0 aromatic heterocycles. The van der Waals surface area contributed by atoms with E-state index >= 15 is 0 Å². The number of hydrogen-bond acceptors (Lipinski definition) is 2. The van der Waals surface area contributed by atoms with Gasteiger partial charge in [0.25, 0.3) is 0 Å². The molecule has 1 amide bonds. The van der Waals surface area contributed by atoms with E-state index in [2.05, 4.69) is 0 Å². The van der Waals surface area contributed by atoms with Crippen LogP contribution in [0.15, 0.2) is 11.1 Å². The van der Waals surface area contributed by atoms with Crippen molar-refractivity contribution < 1.29 is 14.7 Å². The number of aliphatic carboxylic acids is 1. The summed E-state index contributed by atoms with van der Waals surface area (Å²) in [6.07, 6.45) is 3.60. The minimum absolute atomic E-state index is 0.130. The van der Waals surface area contributed by atoms with Crippen molar-refractivity contribution in [3.8, 4) is 0 Å². The molecule has 0 unspecified atom stereocenters. The molecule has 0 spiro atoms. The second-order valence-corrected chi connectivity index (χ2v) is 4.54. The Balaban J connectivity index is 2.61. The van der Waals surface area contributed by atoms with Gasteiger partial charge in [-0.05, 0) is 32.6 Å². The van der Waals surface area contributed by atoms with E-state index in [0.717, 1.165) is 6.54 Å². The maximum absolute atomic E-state index is 11.9. The number of amides is 1. The molecule has 0 atom stereocenters. The predicted molar refractivity (Wildman–Crippen MR) is 61.0 cm³/mol. The zero-order valence-electron chi connectivity index (χ0n) is 10.1. The number of carbonyl (C=O) groups excluding carboxylic acids is 1. The highest BCUT2D eigenvalue weighted by Gasteiger charge is 2.23. The number of hydrogen-bond donors (Lipinski definition) is 1. The second-order valence-electron chi connectivity index (χ2n) is 4.54. The van der Waals surface area contributed by atoms with Gasteiger partial charge >= 0.3 is 5.97 Å². The van der Waals surface area contributed by atoms with Gasteiger partial charge in [0.1, 0.15) is 0 Å². The van der Waals surface area contributed by atoms with Crippen LogP contribution in [0.1, 0.15) is 33.1 Å². The molecule has 0 heterocycles. The number of likely N-dealkylation sites (N-methyl/N-ethyl adjacent to an activating group) is 1. The van der Waals surface area contributed by atoms with Crippen molar-refractivity contribution in [3.05, 3.63) is 11.1 Å². The largest absolute Gasteiger partial charge is 0.478 e. The van der Waals surface area contributed by atoms with Gasteiger partial charge in [-0.15, -0.1) is 0 Å². The van der Waals surface area contributed by atoms with Crippen LogP contribution in [0.3, 0.4) is 0 Å². The molecular formula is C12H19NO3. The molecule has 0 bridgehead atoms. The molecule has 0 aliphatic heterocycles. The van der Waals surface area contributed by atoms with Crippen molar-refractivity contribution in [3.63, 3.8) is 0 Å². The summed E-state index contributed by atoms with van der Waals surface area (Å²) in [5, 5.41) is 8.79. The van der Waals surface area contributed by atoms with Crippen LogP contribution in [0.4, 0.5) is 0 Å². The molecule has 0 aromatic carbocycles. The molecule has 90 valence electrons. The Morgan fingerprint density at radius 2 is 1.81 bits per heavy atom. The minimum Gasteiger partial charge on any atom is -0.478 e. The van der Waals surface area contributed by atoms with Gasteiger partial charge in [0.05, 0.1) is 0 Å². The summed E-state index contributed by atoms with van der Waals surface area (Å²) < 4.78 is 0. The monoisotopic (exact) mass is 225 g/mol. The lowest BCUT2D eigenvalue weighted by Crippen LogP contribution is -2.35. The maximum Gasteiger partial charge on any atom is 0.331 e. The first kappa shape index (κ1) is 12.7. The van der Waals surface area contributed by atoms with Crippen molar-refractivity contribution in [2.75, 3.05) is 13.6 Å². The van der Waals surface area contributed by atoms with Crippen molar-refractivity contribution >= 4 is 11.9 Å². The number of carbonyl (C=O) groups is 2. The predicted octanol–water partition coefficient (Wildman–Crippen LogP) is 1.67. The second kappa shape index (κ2) is 5.14. The number of carboxylic acid groups (broad SMARTS) is 1. The highest BCUT2D eigenvalue weighted by Crippen LogP contribution is 2.27. The summed E-state index contributed by atoms with van der Waals surface area (Å²) in [6.45, 7) is 3.78. The van der Waals surface area contributed by atoms with Gasteiger partial charge in [-0.25, -0.2) is 4.79 Å². The van der Waals surface area contributed by atoms with Crippen LogP contribution in [-0.4, -0.2) is 35.5 Å². The molecule has 4 nitrogen and oxygen atoms in total. The Labute approximate surface area is 95.9 Å². The number of carboxylic acids is 1. The van der Waals surface area contributed by atoms with Crippen LogP contribution in [0.5, 0.6) is 0 Å². The molecule has 1 rings (SSSR count). The van der Waals surface area contributed by atoms with Crippen molar-refractivity contribution in [1.29, 1.82) is 0 Å². The zero-order chi connectivity index (χ0) is 12.3. The molecule has 4 heteroatoms. The van der Waals surface area contributed by atoms with Gasteiger partial charge in [-0.2, -0.15) is 0 Å². The molecular weight excluding hydrogens is 206 g/mol. The normalized spacial score (nSPS) is 17.4. The van der Waals surface area contributed by atoms with Crippen LogP contribution >= 0.6 is 0 Å². The standard InChI is InChI=1S/C12H19NO3/c1-8(9(2)12(15)16)11(14)13(3)7-10-5-4-6-10/h10H,4-7H2,1-3H3,(H,15,16). The molecule has 16 heavy (non-hydrogen) atoms. The van der Waals surface area contributed by atoms with Crippen LogP contribution < -0.4 is 0 Å². The highest BCUT2D eigenvalue weighted by atomic mass is 16.4. The highest BCUT2D eigenvalue weighted by molar-refractivity contribution is 6.01. The molecule has 0 radical (unpaired) electrons. The van der Waals surface area contributed by atoms with E-state index in [-0.39, 0.29) is 11.5 Å². The summed E-state index contributed by atoms with van der Waals surface area (Å²) in [6, 6.07) is 0. The first-order valence-corrected chi connectivity index (χ1v) is 5.59. The molecule has 1 N–H and O–H groups in total. The average Bonchev–Trinajstić information content (AvgIpc) is 2.19. The third kappa shape index (κ3) is 2.84. The van der Waals surface area contributed by atoms with Crippen molar-refractivity contribution in [2.24, 2.45) is 5.92 Å². The van der Waals surface area contributed by atoms with Crippen molar-refractivity contribution in [2.45, 2.75) is 33.1 Å². The Morgan fingerprint density at radius 1 is 1.25 bits per heavy atom. The summed E-state index contributed by atoms with van der Waals surface area (Å²) >= 11 is 0. The van der Waals surface area contributed by atoms with Gasteiger partial charge in [0.2, 0.25) is 5.91 Å². The Hall–Kier alpha value is -1.32. The maximum atomic E-state index is 11.9. The van der Waals surface area contributed by atoms with E-state index in [1.165, 1.54) is 26.2 Å². The molecule has 1 fully saturated rings. The Kier molecular flexibility index (Phi) is 4.10. The molecule has 1 aliphatic rings. The van der Waals surface area contributed by atoms with Gasteiger partial charge in [0, 0.05) is 24.7 Å². The number of nitrogens with zero attached hydrogens (tertiary/aromatic N) is 1. The summed E-state index contributed by atoms with van der Waals surface area (Å²) in [5.74, 6) is -0.596. The first-order valence-electron chi connectivity index (χ1n) is 5.59. The smallest absolute Gasteiger partial charge is 0.331 e. The van der Waals surface area contributed by atoms with E-state index in [4.69, 9.17) is 5.11 Å². The molecule has 0 aromatic rings. The van der Waals surface area contributed by atoms with Crippen LogP contribution in [0.2, 0.25) is 0 Å². The van der Waals surface area contributed by atoms with Crippen molar-refractivity contribution in [1.82, 2.24) is 4.90 Å². The lowest BCUT2D eigenvalue weighted by molar-refractivity contribution is -0.133. The molecule has 0 saturated heterocycles. The Bertz CT molecular complexity index is 329. The van der Waals surface area contributed by atoms with Gasteiger partial charge < -0.3 is 10.0 Å². The van der Waals surface area contributed by atoms with Gasteiger partial charge in [0.15, 0.2) is 0 Å². The quantitative estimate of drug-likeness (QED) is 0.740. The molecule has 1 aliphatic carbocycles. The summed E-state index contributed by atoms with van der Waals surface area (Å²) in [7, 11) is 1.74. The van der Waals surface area contributed by atoms with Crippen LogP contribution in [0.25, 0.3) is 0 Å². The van der Waals surface area contributed by atoms with E-state index in [1.54, 1.807) is 18.9 Å². The van der Waals surface area contributed by atoms with Crippen LogP contribution in [-0.2, 0) is 9.59 Å². The average molecular weight is 225 g/mol. The fraction of sp³-hybridized carbons (Fsp3) is 0.667. The van der Waals surface area contributed by atoms with E-state index in [1.807, 2.05) is 0 Å². The lowest BCUT2D eigenvalue weighted by Gasteiger charge is -2.30. The Morgan fingerprint density at radius 3 is 2.19 bits per heavy atom. The third-order valence-corrected chi connectivity index (χ3v) is 3.31. The SMILES string of the molecule is CC(C(=O)O)=C(C)C(=O)N(C)CC1CCC1. The van der Waals surface area contributed by atoms with Gasteiger partial charge in [-0.1, -0.05) is 6.42 Å². The zero-order valence-corrected chi connectivity index (χ0v) is 10.1. The van der Waals surface area contributed by atoms with E-state index in [9.17, 15) is 9.59 Å².